The number of halogens is 1. The Labute approximate surface area is 156 Å². The first-order valence-electron chi connectivity index (χ1n) is 8.14. The van der Waals surface area contributed by atoms with E-state index >= 15 is 0 Å². The summed E-state index contributed by atoms with van der Waals surface area (Å²) in [6.45, 7) is 3.18. The van der Waals surface area contributed by atoms with Gasteiger partial charge in [0.2, 0.25) is 6.10 Å². The normalized spacial score (nSPS) is 19.3. The number of ether oxygens (including phenoxy) is 3. The molecule has 2 aromatic carbocycles. The first-order chi connectivity index (χ1) is 12.5. The van der Waals surface area contributed by atoms with Crippen LogP contribution in [0, 0.1) is 0 Å². The van der Waals surface area contributed by atoms with Crippen molar-refractivity contribution >= 4 is 29.2 Å². The number of fused-ring (bicyclic) bond motifs is 1. The van der Waals surface area contributed by atoms with E-state index in [2.05, 4.69) is 5.32 Å². The van der Waals surface area contributed by atoms with E-state index in [1.54, 1.807) is 49.4 Å². The van der Waals surface area contributed by atoms with Crippen LogP contribution in [0.25, 0.3) is 0 Å². The SMILES string of the molecule is CC(OC(=O)C1Oc2ccccc2OC1C)C(=O)Nc1ccccc1Cl. The molecule has 26 heavy (non-hydrogen) atoms. The van der Waals surface area contributed by atoms with Crippen LogP contribution in [-0.4, -0.2) is 30.2 Å². The number of carbonyl (C=O) groups excluding carboxylic acids is 2. The van der Waals surface area contributed by atoms with Crippen LogP contribution >= 0.6 is 11.6 Å². The number of para-hydroxylation sites is 3. The van der Waals surface area contributed by atoms with Crippen LogP contribution in [0.1, 0.15) is 13.8 Å². The number of hydrogen-bond donors (Lipinski definition) is 1. The molecule has 3 atom stereocenters. The summed E-state index contributed by atoms with van der Waals surface area (Å²) in [6, 6.07) is 13.9. The topological polar surface area (TPSA) is 73.9 Å². The summed E-state index contributed by atoms with van der Waals surface area (Å²) in [5.74, 6) is -0.140. The van der Waals surface area contributed by atoms with Gasteiger partial charge in [0.1, 0.15) is 6.10 Å². The molecule has 0 fully saturated rings. The maximum Gasteiger partial charge on any atom is 0.352 e. The lowest BCUT2D eigenvalue weighted by Gasteiger charge is -2.31. The van der Waals surface area contributed by atoms with Crippen molar-refractivity contribution in [1.29, 1.82) is 0 Å². The number of rotatable bonds is 4. The Morgan fingerprint density at radius 2 is 1.69 bits per heavy atom. The predicted molar refractivity (Wildman–Crippen MR) is 96.6 cm³/mol. The fraction of sp³-hybridized carbons (Fsp3) is 0.263. The Bertz CT molecular complexity index is 825. The van der Waals surface area contributed by atoms with Crippen LogP contribution in [0.3, 0.4) is 0 Å². The van der Waals surface area contributed by atoms with Gasteiger partial charge in [-0.3, -0.25) is 4.79 Å². The molecule has 0 saturated heterocycles. The quantitative estimate of drug-likeness (QED) is 0.828. The second-order valence-electron chi connectivity index (χ2n) is 5.86. The molecular formula is C19H18ClNO5. The minimum absolute atomic E-state index is 0.397. The Morgan fingerprint density at radius 1 is 1.08 bits per heavy atom. The van der Waals surface area contributed by atoms with Gasteiger partial charge in [-0.05, 0) is 38.1 Å². The van der Waals surface area contributed by atoms with Crippen molar-refractivity contribution in [2.45, 2.75) is 32.2 Å². The Hall–Kier alpha value is -2.73. The number of anilines is 1. The molecule has 3 rings (SSSR count). The molecule has 1 aliphatic heterocycles. The Kier molecular flexibility index (Phi) is 5.32. The summed E-state index contributed by atoms with van der Waals surface area (Å²) in [7, 11) is 0. The molecule has 1 N–H and O–H groups in total. The van der Waals surface area contributed by atoms with Crippen molar-refractivity contribution in [1.82, 2.24) is 0 Å². The van der Waals surface area contributed by atoms with Crippen LogP contribution < -0.4 is 14.8 Å². The largest absolute Gasteiger partial charge is 0.482 e. The molecule has 1 aliphatic rings. The maximum absolute atomic E-state index is 12.4. The summed E-state index contributed by atoms with van der Waals surface area (Å²) in [4.78, 5) is 24.7. The van der Waals surface area contributed by atoms with E-state index in [0.717, 1.165) is 0 Å². The third-order valence-electron chi connectivity index (χ3n) is 3.87. The molecule has 3 unspecified atom stereocenters. The Morgan fingerprint density at radius 3 is 2.38 bits per heavy atom. The molecule has 0 radical (unpaired) electrons. The smallest absolute Gasteiger partial charge is 0.352 e. The molecule has 1 heterocycles. The minimum atomic E-state index is -1.02. The van der Waals surface area contributed by atoms with Gasteiger partial charge in [-0.25, -0.2) is 4.79 Å². The average Bonchev–Trinajstić information content (AvgIpc) is 2.62. The van der Waals surface area contributed by atoms with Gasteiger partial charge in [-0.2, -0.15) is 0 Å². The van der Waals surface area contributed by atoms with Gasteiger partial charge in [-0.1, -0.05) is 35.9 Å². The first-order valence-corrected chi connectivity index (χ1v) is 8.51. The minimum Gasteiger partial charge on any atom is -0.482 e. The van der Waals surface area contributed by atoms with E-state index in [1.165, 1.54) is 6.92 Å². The molecular weight excluding hydrogens is 358 g/mol. The van der Waals surface area contributed by atoms with E-state index in [0.29, 0.717) is 22.2 Å². The second-order valence-corrected chi connectivity index (χ2v) is 6.26. The summed E-state index contributed by atoms with van der Waals surface area (Å²) >= 11 is 6.01. The summed E-state index contributed by atoms with van der Waals surface area (Å²) in [6.07, 6.45) is -2.52. The van der Waals surface area contributed by atoms with Crippen molar-refractivity contribution in [2.75, 3.05) is 5.32 Å². The van der Waals surface area contributed by atoms with E-state index in [4.69, 9.17) is 25.8 Å². The van der Waals surface area contributed by atoms with Gasteiger partial charge in [0.25, 0.3) is 5.91 Å². The molecule has 0 aliphatic carbocycles. The van der Waals surface area contributed by atoms with Crippen molar-refractivity contribution in [3.05, 3.63) is 53.6 Å². The molecule has 0 aromatic heterocycles. The van der Waals surface area contributed by atoms with E-state index < -0.39 is 30.2 Å². The molecule has 7 heteroatoms. The van der Waals surface area contributed by atoms with E-state index in [-0.39, 0.29) is 0 Å². The fourth-order valence-electron chi connectivity index (χ4n) is 2.47. The molecule has 1 amide bonds. The van der Waals surface area contributed by atoms with Crippen LogP contribution in [0.2, 0.25) is 5.02 Å². The first kappa shape index (κ1) is 18.1. The van der Waals surface area contributed by atoms with Gasteiger partial charge in [0, 0.05) is 0 Å². The van der Waals surface area contributed by atoms with E-state index in [9.17, 15) is 9.59 Å². The number of benzene rings is 2. The van der Waals surface area contributed by atoms with Crippen LogP contribution in [-0.2, 0) is 14.3 Å². The van der Waals surface area contributed by atoms with Crippen LogP contribution in [0.4, 0.5) is 5.69 Å². The fourth-order valence-corrected chi connectivity index (χ4v) is 2.65. The molecule has 0 bridgehead atoms. The highest BCUT2D eigenvalue weighted by atomic mass is 35.5. The predicted octanol–water partition coefficient (Wildman–Crippen LogP) is 3.44. The third-order valence-corrected chi connectivity index (χ3v) is 4.20. The van der Waals surface area contributed by atoms with Gasteiger partial charge in [0.05, 0.1) is 10.7 Å². The molecule has 0 spiro atoms. The highest BCUT2D eigenvalue weighted by molar-refractivity contribution is 6.33. The highest BCUT2D eigenvalue weighted by Gasteiger charge is 2.36. The molecule has 0 saturated carbocycles. The number of amides is 1. The molecule has 6 nitrogen and oxygen atoms in total. The summed E-state index contributed by atoms with van der Waals surface area (Å²) in [5, 5.41) is 3.02. The van der Waals surface area contributed by atoms with Gasteiger partial charge < -0.3 is 19.5 Å². The van der Waals surface area contributed by atoms with Crippen molar-refractivity contribution in [2.24, 2.45) is 0 Å². The van der Waals surface area contributed by atoms with E-state index in [1.807, 2.05) is 6.07 Å². The van der Waals surface area contributed by atoms with Gasteiger partial charge in [-0.15, -0.1) is 0 Å². The maximum atomic E-state index is 12.4. The van der Waals surface area contributed by atoms with Gasteiger partial charge >= 0.3 is 5.97 Å². The van der Waals surface area contributed by atoms with Crippen molar-refractivity contribution in [3.8, 4) is 11.5 Å². The number of nitrogens with one attached hydrogen (secondary N) is 1. The lowest BCUT2D eigenvalue weighted by molar-refractivity contribution is -0.165. The van der Waals surface area contributed by atoms with Crippen LogP contribution in [0.5, 0.6) is 11.5 Å². The summed E-state index contributed by atoms with van der Waals surface area (Å²) < 4.78 is 16.6. The zero-order valence-electron chi connectivity index (χ0n) is 14.3. The highest BCUT2D eigenvalue weighted by Crippen LogP contribution is 2.33. The lowest BCUT2D eigenvalue weighted by atomic mass is 10.2. The van der Waals surface area contributed by atoms with Crippen molar-refractivity contribution < 1.29 is 23.8 Å². The number of esters is 1. The molecule has 2 aromatic rings. The van der Waals surface area contributed by atoms with Gasteiger partial charge in [0.15, 0.2) is 17.6 Å². The lowest BCUT2D eigenvalue weighted by Crippen LogP contribution is -2.46. The molecule has 136 valence electrons. The summed E-state index contributed by atoms with van der Waals surface area (Å²) in [5.41, 5.74) is 0.446. The zero-order valence-corrected chi connectivity index (χ0v) is 15.0. The average molecular weight is 376 g/mol. The standard InChI is InChI=1S/C19H18ClNO5/c1-11-17(26-16-10-6-5-9-15(16)24-11)19(23)25-12(2)18(22)21-14-8-4-3-7-13(14)20/h3-12,17H,1-2H3,(H,21,22). The third kappa shape index (κ3) is 3.91. The number of carbonyl (C=O) groups is 2. The zero-order chi connectivity index (χ0) is 18.7. The second kappa shape index (κ2) is 7.66. The van der Waals surface area contributed by atoms with Crippen LogP contribution in [0.15, 0.2) is 48.5 Å². The monoisotopic (exact) mass is 375 g/mol. The Balaban J connectivity index is 1.62. The number of hydrogen-bond acceptors (Lipinski definition) is 5. The van der Waals surface area contributed by atoms with Crippen molar-refractivity contribution in [3.63, 3.8) is 0 Å².